The fourth-order valence-electron chi connectivity index (χ4n) is 5.18. The first-order valence-corrected chi connectivity index (χ1v) is 12.2. The zero-order chi connectivity index (χ0) is 22.5. The quantitative estimate of drug-likeness (QED) is 0.621. The van der Waals surface area contributed by atoms with E-state index in [4.69, 9.17) is 0 Å². The summed E-state index contributed by atoms with van der Waals surface area (Å²) in [7, 11) is 0. The highest BCUT2D eigenvalue weighted by molar-refractivity contribution is 5.78. The molecule has 2 aromatic carbocycles. The second-order valence-electron chi connectivity index (χ2n) is 9.56. The van der Waals surface area contributed by atoms with Crippen LogP contribution in [0.4, 0.5) is 11.4 Å². The Morgan fingerprint density at radius 2 is 1.78 bits per heavy atom. The van der Waals surface area contributed by atoms with Crippen LogP contribution in [0.5, 0.6) is 0 Å². The summed E-state index contributed by atoms with van der Waals surface area (Å²) in [6, 6.07) is 8.40. The molecular formula is C26H35N3O3. The number of carbonyl (C=O) groups excluding carboxylic acids is 1. The van der Waals surface area contributed by atoms with E-state index in [-0.39, 0.29) is 22.7 Å². The maximum atomic E-state index is 12.6. The summed E-state index contributed by atoms with van der Waals surface area (Å²) in [5, 5.41) is 6.39. The van der Waals surface area contributed by atoms with Crippen LogP contribution in [0.3, 0.4) is 0 Å². The molecule has 0 atom stereocenters. The monoisotopic (exact) mass is 437 g/mol. The fraction of sp³-hybridized carbons (Fsp3) is 0.577. The number of aryl methyl sites for hydroxylation is 1. The van der Waals surface area contributed by atoms with Gasteiger partial charge in [0.15, 0.2) is 0 Å². The van der Waals surface area contributed by atoms with Crippen molar-refractivity contribution in [3.05, 3.63) is 55.8 Å². The highest BCUT2D eigenvalue weighted by Gasteiger charge is 2.29. The van der Waals surface area contributed by atoms with Crippen molar-refractivity contribution >= 4 is 17.3 Å². The Labute approximate surface area is 190 Å². The number of rotatable bonds is 8. The molecule has 1 heterocycles. The van der Waals surface area contributed by atoms with Gasteiger partial charge in [0.05, 0.1) is 0 Å². The summed E-state index contributed by atoms with van der Waals surface area (Å²) in [4.78, 5) is 38.8. The van der Waals surface area contributed by atoms with Crippen molar-refractivity contribution in [2.45, 2.75) is 58.3 Å². The molecular weight excluding hydrogens is 402 g/mol. The first-order valence-electron chi connectivity index (χ1n) is 12.2. The summed E-state index contributed by atoms with van der Waals surface area (Å²) in [6.45, 7) is 5.19. The van der Waals surface area contributed by atoms with Crippen molar-refractivity contribution in [1.82, 2.24) is 5.32 Å². The van der Waals surface area contributed by atoms with E-state index in [1.807, 2.05) is 0 Å². The Morgan fingerprint density at radius 3 is 2.50 bits per heavy atom. The number of hydrogen-bond donors (Lipinski definition) is 2. The first kappa shape index (κ1) is 22.6. The van der Waals surface area contributed by atoms with Gasteiger partial charge >= 0.3 is 0 Å². The van der Waals surface area contributed by atoms with Gasteiger partial charge < -0.3 is 15.5 Å². The molecule has 1 aliphatic carbocycles. The molecule has 1 amide bonds. The number of amides is 1. The fourth-order valence-corrected chi connectivity index (χ4v) is 5.18. The van der Waals surface area contributed by atoms with E-state index in [0.29, 0.717) is 30.4 Å². The molecule has 0 spiro atoms. The van der Waals surface area contributed by atoms with Crippen molar-refractivity contribution in [1.29, 1.82) is 0 Å². The molecule has 0 radical (unpaired) electrons. The number of hydrogen-bond acceptors (Lipinski definition) is 5. The third-order valence-corrected chi connectivity index (χ3v) is 7.14. The molecule has 6 nitrogen and oxygen atoms in total. The lowest BCUT2D eigenvalue weighted by atomic mass is 9.81. The standard InChI is InChI=1S/C26H35N3O3/c1-18-6-5-7-19(16-18)12-13-27-26(32)21-10-8-20(9-11-21)17-28-22-23(25(31)24(22)30)29-14-3-2-4-15-29/h5-7,16,20-21,28H,2-4,8-15,17H2,1H3,(H,27,32). The molecule has 2 aromatic rings. The normalized spacial score (nSPS) is 21.5. The van der Waals surface area contributed by atoms with Crippen molar-refractivity contribution in [3.8, 4) is 0 Å². The average Bonchev–Trinajstić information content (AvgIpc) is 2.82. The molecule has 2 N–H and O–H groups in total. The zero-order valence-corrected chi connectivity index (χ0v) is 19.1. The summed E-state index contributed by atoms with van der Waals surface area (Å²) < 4.78 is 0. The highest BCUT2D eigenvalue weighted by Crippen LogP contribution is 2.30. The molecule has 2 fully saturated rings. The van der Waals surface area contributed by atoms with Gasteiger partial charge in [-0.05, 0) is 69.8 Å². The zero-order valence-electron chi connectivity index (χ0n) is 19.1. The smallest absolute Gasteiger partial charge is 0.253 e. The van der Waals surface area contributed by atoms with Crippen LogP contribution >= 0.6 is 0 Å². The van der Waals surface area contributed by atoms with Gasteiger partial charge in [0.2, 0.25) is 5.91 Å². The minimum absolute atomic E-state index is 0.0822. The molecule has 2 aliphatic rings. The summed E-state index contributed by atoms with van der Waals surface area (Å²) >= 11 is 0. The number of piperidine rings is 1. The van der Waals surface area contributed by atoms with E-state index in [2.05, 4.69) is 46.7 Å². The van der Waals surface area contributed by atoms with Crippen molar-refractivity contribution < 1.29 is 4.79 Å². The maximum absolute atomic E-state index is 12.6. The van der Waals surface area contributed by atoms with Crippen LogP contribution < -0.4 is 26.4 Å². The number of anilines is 2. The third-order valence-electron chi connectivity index (χ3n) is 7.14. The Hall–Kier alpha value is -2.63. The van der Waals surface area contributed by atoms with E-state index in [9.17, 15) is 14.4 Å². The van der Waals surface area contributed by atoms with Gasteiger partial charge in [0, 0.05) is 32.1 Å². The van der Waals surface area contributed by atoms with Crippen molar-refractivity contribution in [2.24, 2.45) is 11.8 Å². The van der Waals surface area contributed by atoms with E-state index in [1.165, 1.54) is 17.5 Å². The SMILES string of the molecule is Cc1cccc(CCNC(=O)C2CCC(CNc3c(N4CCCCC4)c(=O)c3=O)CC2)c1. The average molecular weight is 438 g/mol. The van der Waals surface area contributed by atoms with Gasteiger partial charge in [-0.3, -0.25) is 14.4 Å². The predicted molar refractivity (Wildman–Crippen MR) is 129 cm³/mol. The number of carbonyl (C=O) groups is 1. The summed E-state index contributed by atoms with van der Waals surface area (Å²) in [5.74, 6) is 0.683. The molecule has 0 unspecified atom stereocenters. The van der Waals surface area contributed by atoms with E-state index in [1.54, 1.807) is 0 Å². The van der Waals surface area contributed by atoms with Crippen LogP contribution in [0.15, 0.2) is 33.9 Å². The van der Waals surface area contributed by atoms with Crippen LogP contribution in [-0.4, -0.2) is 32.1 Å². The van der Waals surface area contributed by atoms with Gasteiger partial charge in [-0.15, -0.1) is 0 Å². The van der Waals surface area contributed by atoms with Gasteiger partial charge in [-0.25, -0.2) is 0 Å². The predicted octanol–water partition coefficient (Wildman–Crippen LogP) is 3.16. The van der Waals surface area contributed by atoms with Crippen LogP contribution in [-0.2, 0) is 11.2 Å². The van der Waals surface area contributed by atoms with Crippen molar-refractivity contribution in [2.75, 3.05) is 36.4 Å². The van der Waals surface area contributed by atoms with Gasteiger partial charge in [-0.2, -0.15) is 0 Å². The van der Waals surface area contributed by atoms with Crippen LogP contribution in [0.25, 0.3) is 0 Å². The van der Waals surface area contributed by atoms with E-state index >= 15 is 0 Å². The van der Waals surface area contributed by atoms with Gasteiger partial charge in [-0.1, -0.05) is 29.8 Å². The Balaban J connectivity index is 1.19. The lowest BCUT2D eigenvalue weighted by molar-refractivity contribution is -0.126. The Bertz CT molecular complexity index is 994. The number of benzene rings is 1. The third kappa shape index (κ3) is 5.22. The molecule has 1 aliphatic heterocycles. The second kappa shape index (κ2) is 10.3. The van der Waals surface area contributed by atoms with Crippen molar-refractivity contribution in [3.63, 3.8) is 0 Å². The molecule has 1 saturated carbocycles. The molecule has 1 saturated heterocycles. The van der Waals surface area contributed by atoms with E-state index in [0.717, 1.165) is 58.0 Å². The summed E-state index contributed by atoms with van der Waals surface area (Å²) in [5.41, 5.74) is 2.92. The van der Waals surface area contributed by atoms with Gasteiger partial charge in [0.25, 0.3) is 10.9 Å². The van der Waals surface area contributed by atoms with Crippen LogP contribution in [0, 0.1) is 18.8 Å². The topological polar surface area (TPSA) is 78.5 Å². The Morgan fingerprint density at radius 1 is 1.03 bits per heavy atom. The number of nitrogens with one attached hydrogen (secondary N) is 2. The molecule has 6 heteroatoms. The molecule has 0 bridgehead atoms. The Kier molecular flexibility index (Phi) is 7.28. The molecule has 172 valence electrons. The van der Waals surface area contributed by atoms with Gasteiger partial charge in [0.1, 0.15) is 11.4 Å². The minimum Gasteiger partial charge on any atom is -0.380 e. The lowest BCUT2D eigenvalue weighted by Crippen LogP contribution is -2.45. The number of nitrogens with zero attached hydrogens (tertiary/aromatic N) is 1. The molecule has 4 rings (SSSR count). The van der Waals surface area contributed by atoms with Crippen LogP contribution in [0.1, 0.15) is 56.1 Å². The van der Waals surface area contributed by atoms with Crippen LogP contribution in [0.2, 0.25) is 0 Å². The summed E-state index contributed by atoms with van der Waals surface area (Å²) in [6.07, 6.45) is 7.91. The highest BCUT2D eigenvalue weighted by atomic mass is 16.2. The maximum Gasteiger partial charge on any atom is 0.253 e. The molecule has 32 heavy (non-hydrogen) atoms. The second-order valence-corrected chi connectivity index (χ2v) is 9.56. The lowest BCUT2D eigenvalue weighted by Gasteiger charge is -2.32. The van der Waals surface area contributed by atoms with E-state index < -0.39 is 0 Å². The minimum atomic E-state index is -0.368. The molecule has 0 aromatic heterocycles. The first-order chi connectivity index (χ1) is 15.5. The largest absolute Gasteiger partial charge is 0.380 e.